The molecule has 0 aliphatic rings. The average Bonchev–Trinajstić information content (AvgIpc) is 3.15. The zero-order chi connectivity index (χ0) is 19.8. The fourth-order valence-corrected chi connectivity index (χ4v) is 3.64. The van der Waals surface area contributed by atoms with Crippen molar-refractivity contribution in [2.24, 2.45) is 0 Å². The van der Waals surface area contributed by atoms with E-state index >= 15 is 0 Å². The highest BCUT2D eigenvalue weighted by atomic mass is 35.5. The number of halogens is 1. The molecule has 0 aliphatic heterocycles. The van der Waals surface area contributed by atoms with Gasteiger partial charge >= 0.3 is 0 Å². The molecule has 0 radical (unpaired) electrons. The minimum atomic E-state index is 0.0983. The van der Waals surface area contributed by atoms with E-state index in [0.29, 0.717) is 24.6 Å². The largest absolute Gasteiger partial charge is 0.486 e. The predicted molar refractivity (Wildman–Crippen MR) is 114 cm³/mol. The summed E-state index contributed by atoms with van der Waals surface area (Å²) in [6.07, 6.45) is 1.24. The van der Waals surface area contributed by atoms with Crippen LogP contribution in [-0.2, 0) is 24.4 Å². The molecule has 0 N–H and O–H groups in total. The van der Waals surface area contributed by atoms with Crippen LogP contribution in [0.15, 0.2) is 60.0 Å². The molecule has 0 saturated carbocycles. The molecule has 146 valence electrons. The van der Waals surface area contributed by atoms with Crippen LogP contribution in [0.4, 0.5) is 0 Å². The predicted octanol–water partition coefficient (Wildman–Crippen LogP) is 5.36. The van der Waals surface area contributed by atoms with E-state index in [9.17, 15) is 4.79 Å². The standard InChI is InChI=1S/C22H23ClN2O2S/c1-2-12-25(14-17-6-4-3-5-7-17)22(26)13-19-16-28-21(24-19)15-27-20-10-8-18(23)9-11-20/h3-11,16H,2,12-15H2,1H3. The van der Waals surface area contributed by atoms with Crippen LogP contribution in [0.3, 0.4) is 0 Å². The monoisotopic (exact) mass is 414 g/mol. The maximum absolute atomic E-state index is 12.8. The van der Waals surface area contributed by atoms with Crippen molar-refractivity contribution >= 4 is 28.8 Å². The van der Waals surface area contributed by atoms with Gasteiger partial charge in [-0.25, -0.2) is 4.98 Å². The minimum Gasteiger partial charge on any atom is -0.486 e. The summed E-state index contributed by atoms with van der Waals surface area (Å²) in [6, 6.07) is 17.3. The molecule has 28 heavy (non-hydrogen) atoms. The number of nitrogens with zero attached hydrogens (tertiary/aromatic N) is 2. The van der Waals surface area contributed by atoms with E-state index in [1.54, 1.807) is 12.1 Å². The van der Waals surface area contributed by atoms with Gasteiger partial charge in [-0.2, -0.15) is 0 Å². The number of rotatable bonds is 9. The van der Waals surface area contributed by atoms with E-state index in [2.05, 4.69) is 11.9 Å². The molecule has 0 unspecified atom stereocenters. The fourth-order valence-electron chi connectivity index (χ4n) is 2.80. The number of benzene rings is 2. The number of carbonyl (C=O) groups excluding carboxylic acids is 1. The van der Waals surface area contributed by atoms with Crippen LogP contribution in [0, 0.1) is 0 Å². The van der Waals surface area contributed by atoms with Crippen molar-refractivity contribution in [3.05, 3.63) is 81.3 Å². The van der Waals surface area contributed by atoms with Crippen molar-refractivity contribution in [1.29, 1.82) is 0 Å². The molecule has 0 aliphatic carbocycles. The Bertz CT molecular complexity index is 881. The Labute approximate surface area is 174 Å². The summed E-state index contributed by atoms with van der Waals surface area (Å²) in [5.74, 6) is 0.843. The SMILES string of the molecule is CCCN(Cc1ccccc1)C(=O)Cc1csc(COc2ccc(Cl)cc2)n1. The molecule has 2 aromatic carbocycles. The first-order valence-corrected chi connectivity index (χ1v) is 10.5. The second-order valence-corrected chi connectivity index (χ2v) is 7.83. The zero-order valence-corrected chi connectivity index (χ0v) is 17.4. The number of ether oxygens (including phenoxy) is 1. The second kappa shape index (κ2) is 10.2. The molecule has 4 nitrogen and oxygen atoms in total. The van der Waals surface area contributed by atoms with Crippen LogP contribution in [0.1, 0.15) is 29.6 Å². The molecule has 3 aromatic rings. The topological polar surface area (TPSA) is 42.4 Å². The summed E-state index contributed by atoms with van der Waals surface area (Å²) in [5, 5.41) is 3.46. The number of aromatic nitrogens is 1. The maximum atomic E-state index is 12.8. The summed E-state index contributed by atoms with van der Waals surface area (Å²) in [5.41, 5.74) is 1.93. The normalized spacial score (nSPS) is 10.6. The molecular weight excluding hydrogens is 392 g/mol. The quantitative estimate of drug-likeness (QED) is 0.473. The van der Waals surface area contributed by atoms with Crippen LogP contribution >= 0.6 is 22.9 Å². The average molecular weight is 415 g/mol. The van der Waals surface area contributed by atoms with Gasteiger partial charge in [0.05, 0.1) is 12.1 Å². The summed E-state index contributed by atoms with van der Waals surface area (Å²) >= 11 is 7.39. The smallest absolute Gasteiger partial charge is 0.228 e. The second-order valence-electron chi connectivity index (χ2n) is 6.45. The highest BCUT2D eigenvalue weighted by Gasteiger charge is 2.16. The molecule has 0 atom stereocenters. The first-order valence-electron chi connectivity index (χ1n) is 9.27. The lowest BCUT2D eigenvalue weighted by Crippen LogP contribution is -2.32. The Hall–Kier alpha value is -2.37. The van der Waals surface area contributed by atoms with Gasteiger partial charge in [-0.15, -0.1) is 11.3 Å². The van der Waals surface area contributed by atoms with Crippen molar-refractivity contribution in [2.45, 2.75) is 32.9 Å². The van der Waals surface area contributed by atoms with Gasteiger partial charge in [-0.05, 0) is 36.2 Å². The van der Waals surface area contributed by atoms with E-state index in [4.69, 9.17) is 16.3 Å². The summed E-state index contributed by atoms with van der Waals surface area (Å²) < 4.78 is 5.72. The van der Waals surface area contributed by atoms with E-state index in [-0.39, 0.29) is 5.91 Å². The lowest BCUT2D eigenvalue weighted by atomic mass is 10.2. The summed E-state index contributed by atoms with van der Waals surface area (Å²) in [7, 11) is 0. The lowest BCUT2D eigenvalue weighted by Gasteiger charge is -2.22. The van der Waals surface area contributed by atoms with Crippen LogP contribution in [0.5, 0.6) is 5.75 Å². The van der Waals surface area contributed by atoms with Crippen molar-refractivity contribution in [3.8, 4) is 5.75 Å². The molecule has 0 spiro atoms. The van der Waals surface area contributed by atoms with Gasteiger partial charge in [0.15, 0.2) is 0 Å². The Morgan fingerprint density at radius 1 is 1.14 bits per heavy atom. The highest BCUT2D eigenvalue weighted by molar-refractivity contribution is 7.09. The summed E-state index contributed by atoms with van der Waals surface area (Å²) in [4.78, 5) is 19.2. The van der Waals surface area contributed by atoms with Crippen molar-refractivity contribution in [2.75, 3.05) is 6.54 Å². The van der Waals surface area contributed by atoms with Crippen LogP contribution in [0.2, 0.25) is 5.02 Å². The van der Waals surface area contributed by atoms with E-state index in [1.807, 2.05) is 52.7 Å². The van der Waals surface area contributed by atoms with Gasteiger partial charge in [-0.3, -0.25) is 4.79 Å². The summed E-state index contributed by atoms with van der Waals surface area (Å²) in [6.45, 7) is 3.83. The van der Waals surface area contributed by atoms with Gasteiger partial charge < -0.3 is 9.64 Å². The van der Waals surface area contributed by atoms with Crippen molar-refractivity contribution < 1.29 is 9.53 Å². The zero-order valence-electron chi connectivity index (χ0n) is 15.8. The van der Waals surface area contributed by atoms with Gasteiger partial charge in [0, 0.05) is 23.5 Å². The molecule has 0 fully saturated rings. The lowest BCUT2D eigenvalue weighted by molar-refractivity contribution is -0.131. The van der Waals surface area contributed by atoms with Gasteiger partial charge in [0.1, 0.15) is 17.4 Å². The molecule has 0 saturated heterocycles. The van der Waals surface area contributed by atoms with Gasteiger partial charge in [0.25, 0.3) is 0 Å². The molecule has 1 aromatic heterocycles. The molecule has 3 rings (SSSR count). The van der Waals surface area contributed by atoms with Crippen LogP contribution in [-0.4, -0.2) is 22.3 Å². The van der Waals surface area contributed by atoms with Crippen molar-refractivity contribution in [1.82, 2.24) is 9.88 Å². The number of amides is 1. The Balaban J connectivity index is 1.56. The molecule has 0 bridgehead atoms. The van der Waals surface area contributed by atoms with Crippen molar-refractivity contribution in [3.63, 3.8) is 0 Å². The Morgan fingerprint density at radius 3 is 2.61 bits per heavy atom. The third kappa shape index (κ3) is 6.08. The van der Waals surface area contributed by atoms with Crippen LogP contribution < -0.4 is 4.74 Å². The van der Waals surface area contributed by atoms with E-state index in [0.717, 1.165) is 35.0 Å². The van der Waals surface area contributed by atoms with Gasteiger partial charge in [-0.1, -0.05) is 48.9 Å². The van der Waals surface area contributed by atoms with Gasteiger partial charge in [0.2, 0.25) is 5.91 Å². The molecular formula is C22H23ClN2O2S. The first kappa shape index (κ1) is 20.4. The molecule has 1 amide bonds. The minimum absolute atomic E-state index is 0.0983. The van der Waals surface area contributed by atoms with E-state index in [1.165, 1.54) is 11.3 Å². The molecule has 1 heterocycles. The number of hydrogen-bond acceptors (Lipinski definition) is 4. The Morgan fingerprint density at radius 2 is 1.89 bits per heavy atom. The fraction of sp³-hybridized carbons (Fsp3) is 0.273. The highest BCUT2D eigenvalue weighted by Crippen LogP contribution is 2.19. The number of hydrogen-bond donors (Lipinski definition) is 0. The number of thiazole rings is 1. The maximum Gasteiger partial charge on any atom is 0.228 e. The van der Waals surface area contributed by atoms with Crippen LogP contribution in [0.25, 0.3) is 0 Å². The third-order valence-electron chi connectivity index (χ3n) is 4.17. The first-order chi connectivity index (χ1) is 13.6. The number of carbonyl (C=O) groups is 1. The third-order valence-corrected chi connectivity index (χ3v) is 5.29. The van der Waals surface area contributed by atoms with E-state index < -0.39 is 0 Å². The Kier molecular flexibility index (Phi) is 7.46. The molecule has 6 heteroatoms.